The lowest BCUT2D eigenvalue weighted by Gasteiger charge is -2.44. The van der Waals surface area contributed by atoms with Gasteiger partial charge >= 0.3 is 0 Å². The minimum absolute atomic E-state index is 0.0103. The van der Waals surface area contributed by atoms with Crippen molar-refractivity contribution in [2.45, 2.75) is 69.9 Å². The van der Waals surface area contributed by atoms with Gasteiger partial charge in [0.2, 0.25) is 11.8 Å². The van der Waals surface area contributed by atoms with Crippen LogP contribution in [0.3, 0.4) is 0 Å². The van der Waals surface area contributed by atoms with Crippen LogP contribution >= 0.6 is 0 Å². The summed E-state index contributed by atoms with van der Waals surface area (Å²) in [5.41, 5.74) is 2.56. The largest absolute Gasteiger partial charge is 0.508 e. The summed E-state index contributed by atoms with van der Waals surface area (Å²) < 4.78 is 0. The van der Waals surface area contributed by atoms with Gasteiger partial charge in [0.15, 0.2) is 0 Å². The first-order valence-corrected chi connectivity index (χ1v) is 14.9. The van der Waals surface area contributed by atoms with Crippen LogP contribution in [0.25, 0.3) is 10.9 Å². The van der Waals surface area contributed by atoms with Crippen molar-refractivity contribution in [3.63, 3.8) is 0 Å². The maximum absolute atomic E-state index is 14.0. The Morgan fingerprint density at radius 3 is 2.57 bits per heavy atom. The van der Waals surface area contributed by atoms with Crippen molar-refractivity contribution in [1.82, 2.24) is 36.2 Å². The van der Waals surface area contributed by atoms with Crippen LogP contribution in [0.4, 0.5) is 5.95 Å². The zero-order valence-electron chi connectivity index (χ0n) is 23.6. The Morgan fingerprint density at radius 1 is 1.02 bits per heavy atom. The van der Waals surface area contributed by atoms with E-state index >= 15 is 0 Å². The van der Waals surface area contributed by atoms with E-state index in [2.05, 4.69) is 47.6 Å². The van der Waals surface area contributed by atoms with E-state index in [1.807, 2.05) is 24.4 Å². The number of aromatic amines is 2. The zero-order chi connectivity index (χ0) is 28.9. The minimum atomic E-state index is -0.769. The van der Waals surface area contributed by atoms with Crippen molar-refractivity contribution in [3.8, 4) is 5.75 Å². The van der Waals surface area contributed by atoms with Crippen LogP contribution < -0.4 is 16.0 Å². The van der Waals surface area contributed by atoms with E-state index in [9.17, 15) is 14.7 Å². The molecule has 2 bridgehead atoms. The molecule has 2 fully saturated rings. The Morgan fingerprint density at radius 2 is 1.81 bits per heavy atom. The summed E-state index contributed by atoms with van der Waals surface area (Å²) in [4.78, 5) is 31.2. The third kappa shape index (κ3) is 6.24. The van der Waals surface area contributed by atoms with Crippen molar-refractivity contribution >= 4 is 28.7 Å². The van der Waals surface area contributed by atoms with Gasteiger partial charge in [0.25, 0.3) is 5.95 Å². The molecule has 0 saturated heterocycles. The lowest BCUT2D eigenvalue weighted by atomic mass is 9.61. The first-order valence-electron chi connectivity index (χ1n) is 14.9. The first kappa shape index (κ1) is 27.7. The van der Waals surface area contributed by atoms with Gasteiger partial charge in [0, 0.05) is 35.5 Å². The van der Waals surface area contributed by atoms with E-state index in [-0.39, 0.29) is 23.6 Å². The molecule has 2 aliphatic carbocycles. The first-order chi connectivity index (χ1) is 20.5. The molecule has 2 saturated carbocycles. The van der Waals surface area contributed by atoms with Gasteiger partial charge in [-0.25, -0.2) is 0 Å². The van der Waals surface area contributed by atoms with Crippen LogP contribution in [0.2, 0.25) is 0 Å². The molecule has 4 aromatic rings. The normalized spacial score (nSPS) is 21.4. The summed E-state index contributed by atoms with van der Waals surface area (Å²) in [6.45, 7) is 0.357. The van der Waals surface area contributed by atoms with Crippen LogP contribution in [0, 0.1) is 11.3 Å². The van der Waals surface area contributed by atoms with Gasteiger partial charge in [-0.15, -0.1) is 5.10 Å². The van der Waals surface area contributed by atoms with Gasteiger partial charge in [-0.05, 0) is 66.1 Å². The monoisotopic (exact) mass is 570 g/mol. The number of anilines is 1. The molecule has 42 heavy (non-hydrogen) atoms. The molecule has 220 valence electrons. The van der Waals surface area contributed by atoms with Gasteiger partial charge < -0.3 is 26.0 Å². The van der Waals surface area contributed by atoms with Gasteiger partial charge in [-0.1, -0.05) is 61.1 Å². The highest BCUT2D eigenvalue weighted by Gasteiger charge is 2.45. The number of H-pyrrole nitrogens is 2. The number of carbonyl (C=O) groups excluding carboxylic acids is 2. The number of para-hydroxylation sites is 1. The van der Waals surface area contributed by atoms with Crippen LogP contribution in [-0.4, -0.2) is 61.2 Å². The van der Waals surface area contributed by atoms with Crippen molar-refractivity contribution in [2.24, 2.45) is 11.3 Å². The number of hydrogen-bond donors (Lipinski definition) is 6. The second kappa shape index (κ2) is 12.2. The number of benzene rings is 2. The Labute approximate surface area is 244 Å². The van der Waals surface area contributed by atoms with Crippen molar-refractivity contribution < 1.29 is 14.7 Å². The third-order valence-corrected chi connectivity index (χ3v) is 9.03. The van der Waals surface area contributed by atoms with Crippen molar-refractivity contribution in [2.75, 3.05) is 11.9 Å². The highest BCUT2D eigenvalue weighted by Crippen LogP contribution is 2.49. The number of amides is 2. The fourth-order valence-corrected chi connectivity index (χ4v) is 6.89. The van der Waals surface area contributed by atoms with Crippen LogP contribution in [0.1, 0.15) is 56.1 Å². The number of rotatable bonds is 11. The molecule has 0 radical (unpaired) electrons. The summed E-state index contributed by atoms with van der Waals surface area (Å²) in [6, 6.07) is 13.7. The van der Waals surface area contributed by atoms with Gasteiger partial charge in [-0.3, -0.25) is 9.59 Å². The molecule has 0 unspecified atom stereocenters. The van der Waals surface area contributed by atoms with Gasteiger partial charge in [0.05, 0.1) is 6.04 Å². The Balaban J connectivity index is 1.23. The molecule has 2 aromatic heterocycles. The summed E-state index contributed by atoms with van der Waals surface area (Å²) in [7, 11) is 0. The zero-order valence-corrected chi connectivity index (χ0v) is 23.6. The van der Waals surface area contributed by atoms with Gasteiger partial charge in [-0.2, -0.15) is 5.21 Å². The average Bonchev–Trinajstić information content (AvgIpc) is 3.67. The third-order valence-electron chi connectivity index (χ3n) is 9.03. The molecule has 0 spiro atoms. The highest BCUT2D eigenvalue weighted by molar-refractivity contribution is 5.91. The summed E-state index contributed by atoms with van der Waals surface area (Å²) >= 11 is 0. The quantitative estimate of drug-likeness (QED) is 0.161. The SMILES string of the molecule is O=C(N[C@H](CNc1nn[nH]n1)Cc1c[nH]c2ccccc12)[C@H](Cc1ccc(O)cc1)NC(=O)C12CCCC(CCC1)C2. The second-order valence-electron chi connectivity index (χ2n) is 11.9. The number of phenolic OH excluding ortho intramolecular Hbond substituents is 1. The van der Waals surface area contributed by atoms with Crippen LogP contribution in [0.5, 0.6) is 5.75 Å². The summed E-state index contributed by atoms with van der Waals surface area (Å²) in [5.74, 6) is 0.828. The maximum atomic E-state index is 14.0. The molecule has 0 aliphatic heterocycles. The summed E-state index contributed by atoms with van der Waals surface area (Å²) in [6.07, 6.45) is 9.98. The number of phenols is 1. The van der Waals surface area contributed by atoms with E-state index in [0.29, 0.717) is 31.3 Å². The number of nitrogens with one attached hydrogen (secondary N) is 5. The molecule has 6 N–H and O–H groups in total. The molecule has 2 aromatic carbocycles. The number of tetrazole rings is 1. The maximum Gasteiger partial charge on any atom is 0.263 e. The molecule has 2 amide bonds. The number of hydrogen-bond acceptors (Lipinski definition) is 7. The second-order valence-corrected chi connectivity index (χ2v) is 11.9. The molecular weight excluding hydrogens is 532 g/mol. The fraction of sp³-hybridized carbons (Fsp3) is 0.452. The van der Waals surface area contributed by atoms with E-state index in [1.165, 1.54) is 12.8 Å². The van der Waals surface area contributed by atoms with E-state index in [4.69, 9.17) is 0 Å². The predicted molar refractivity (Wildman–Crippen MR) is 159 cm³/mol. The molecule has 11 heteroatoms. The minimum Gasteiger partial charge on any atom is -0.508 e. The van der Waals surface area contributed by atoms with Crippen LogP contribution in [0.15, 0.2) is 54.7 Å². The molecule has 6 rings (SSSR count). The topological polar surface area (TPSA) is 161 Å². The lowest BCUT2D eigenvalue weighted by Crippen LogP contribution is -2.56. The highest BCUT2D eigenvalue weighted by atomic mass is 16.3. The standard InChI is InChI=1S/C31H38N8O3/c40-24-11-9-20(10-12-24)15-27(35-29(42)31-13-3-5-21(17-31)6-4-14-31)28(41)34-23(19-33-30-36-38-39-37-30)16-22-18-32-26-8-2-1-7-25(22)26/h1-2,7-12,18,21,23,27,32,40H,3-6,13-17,19H2,(H,34,41)(H,35,42)(H2,33,36,37,38,39)/t21?,23-,27-,31?/m0/s1. The van der Waals surface area contributed by atoms with Crippen molar-refractivity contribution in [3.05, 3.63) is 65.9 Å². The van der Waals surface area contributed by atoms with Gasteiger partial charge in [0.1, 0.15) is 11.8 Å². The Hall–Kier alpha value is -4.41. The smallest absolute Gasteiger partial charge is 0.263 e. The molecule has 2 atom stereocenters. The average molecular weight is 571 g/mol. The van der Waals surface area contributed by atoms with Crippen LogP contribution in [-0.2, 0) is 22.4 Å². The van der Waals surface area contributed by atoms with E-state index in [0.717, 1.165) is 54.1 Å². The molecule has 2 heterocycles. The number of aromatic nitrogens is 5. The number of carbonyl (C=O) groups is 2. The molecular formula is C31H38N8O3. The van der Waals surface area contributed by atoms with E-state index in [1.54, 1.807) is 24.3 Å². The number of fused-ring (bicyclic) bond motifs is 3. The Bertz CT molecular complexity index is 1490. The number of nitrogens with zero attached hydrogens (tertiary/aromatic N) is 3. The summed E-state index contributed by atoms with van der Waals surface area (Å²) in [5, 5.41) is 34.4. The molecule has 2 aliphatic rings. The Kier molecular flexibility index (Phi) is 8.07. The van der Waals surface area contributed by atoms with E-state index < -0.39 is 11.5 Å². The fourth-order valence-electron chi connectivity index (χ4n) is 6.89. The van der Waals surface area contributed by atoms with Crippen molar-refractivity contribution in [1.29, 1.82) is 0 Å². The predicted octanol–water partition coefficient (Wildman–Crippen LogP) is 3.61. The molecule has 11 nitrogen and oxygen atoms in total. The lowest BCUT2D eigenvalue weighted by molar-refractivity contribution is -0.139. The number of aromatic hydroxyl groups is 1.